The highest BCUT2D eigenvalue weighted by molar-refractivity contribution is 6.24. The molecule has 0 heterocycles. The largest absolute Gasteiger partial charge is 0.508 e. The van der Waals surface area contributed by atoms with Crippen LogP contribution >= 0.6 is 0 Å². The Morgan fingerprint density at radius 1 is 0.957 bits per heavy atom. The minimum absolute atomic E-state index is 0.0383. The zero-order chi connectivity index (χ0) is 35.2. The molecule has 1 fully saturated rings. The topological polar surface area (TPSA) is 132 Å². The number of allylic oxidation sites excluding steroid dienone is 1. The third-order valence-corrected chi connectivity index (χ3v) is 11.7. The number of phenols is 1. The van der Waals surface area contributed by atoms with Crippen LogP contribution in [-0.4, -0.2) is 43.4 Å². The van der Waals surface area contributed by atoms with E-state index in [4.69, 9.17) is 0 Å². The molecule has 0 saturated heterocycles. The van der Waals surface area contributed by atoms with Crippen LogP contribution in [-0.2, 0) is 27.2 Å². The number of fused-ring (bicyclic) bond motifs is 3. The highest BCUT2D eigenvalue weighted by Crippen LogP contribution is 2.65. The van der Waals surface area contributed by atoms with E-state index in [9.17, 15) is 34.8 Å². The van der Waals surface area contributed by atoms with Crippen molar-refractivity contribution in [2.75, 3.05) is 0 Å². The van der Waals surface area contributed by atoms with Gasteiger partial charge in [0, 0.05) is 22.3 Å². The van der Waals surface area contributed by atoms with Gasteiger partial charge in [-0.3, -0.25) is 14.4 Å². The van der Waals surface area contributed by atoms with Crippen LogP contribution in [0.1, 0.15) is 148 Å². The standard InChI is InChI=1S/C40H58O7/c1-10-12-14-16-25(17-15-13-11-2)18-26-19-27(22(3)4)28-20-38(8)21-39(9)31(23(5)6)34(43)29(24(7)41)36(45)40(39,47)37(46)32(38)35(44)30(28)33(26)42/h19,22-23,25,31,42,44-45,47H,10-18,20-21H2,1-9H3/t31?,38-,39-,40+/m1/s1. The molecule has 0 radical (unpaired) electrons. The van der Waals surface area contributed by atoms with Crippen molar-refractivity contribution < 1.29 is 34.8 Å². The summed E-state index contributed by atoms with van der Waals surface area (Å²) in [6.45, 7) is 16.8. The van der Waals surface area contributed by atoms with E-state index in [0.29, 0.717) is 18.8 Å². The van der Waals surface area contributed by atoms with Crippen molar-refractivity contribution in [2.24, 2.45) is 28.6 Å². The summed E-state index contributed by atoms with van der Waals surface area (Å²) in [6.07, 6.45) is 9.99. The lowest BCUT2D eigenvalue weighted by molar-refractivity contribution is -0.178. The molecule has 0 bridgehead atoms. The smallest absolute Gasteiger partial charge is 0.203 e. The first kappa shape index (κ1) is 36.9. The number of ketones is 3. The monoisotopic (exact) mass is 650 g/mol. The van der Waals surface area contributed by atoms with Gasteiger partial charge in [-0.15, -0.1) is 0 Å². The molecule has 3 aliphatic carbocycles. The van der Waals surface area contributed by atoms with Crippen LogP contribution < -0.4 is 0 Å². The highest BCUT2D eigenvalue weighted by atomic mass is 16.3. The van der Waals surface area contributed by atoms with Gasteiger partial charge in [-0.2, -0.15) is 0 Å². The van der Waals surface area contributed by atoms with Crippen LogP contribution in [0.2, 0.25) is 0 Å². The number of unbranched alkanes of at least 4 members (excludes halogenated alkanes) is 4. The van der Waals surface area contributed by atoms with Gasteiger partial charge < -0.3 is 20.4 Å². The summed E-state index contributed by atoms with van der Waals surface area (Å²) in [6, 6.07) is 2.09. The molecule has 1 saturated carbocycles. The minimum atomic E-state index is -2.60. The fourth-order valence-corrected chi connectivity index (χ4v) is 9.57. The average molecular weight is 651 g/mol. The number of hydrogen-bond donors (Lipinski definition) is 4. The van der Waals surface area contributed by atoms with E-state index in [-0.39, 0.29) is 40.9 Å². The van der Waals surface area contributed by atoms with E-state index in [1.807, 2.05) is 20.8 Å². The van der Waals surface area contributed by atoms with Crippen LogP contribution in [0.25, 0.3) is 5.76 Å². The molecular weight excluding hydrogens is 592 g/mol. The maximum absolute atomic E-state index is 14.7. The summed E-state index contributed by atoms with van der Waals surface area (Å²) >= 11 is 0. The lowest BCUT2D eigenvalue weighted by Gasteiger charge is -2.60. The van der Waals surface area contributed by atoms with Crippen LogP contribution in [0.15, 0.2) is 23.0 Å². The fraction of sp³-hybridized carbons (Fsp3) is 0.675. The number of carbonyl (C=O) groups excluding carboxylic acids is 3. The first-order valence-electron chi connectivity index (χ1n) is 18.0. The Kier molecular flexibility index (Phi) is 10.6. The Labute approximate surface area is 281 Å². The molecule has 1 unspecified atom stereocenters. The molecule has 7 nitrogen and oxygen atoms in total. The van der Waals surface area contributed by atoms with Gasteiger partial charge in [0.25, 0.3) is 0 Å². The number of hydrogen-bond acceptors (Lipinski definition) is 7. The highest BCUT2D eigenvalue weighted by Gasteiger charge is 2.72. The SMILES string of the molecule is CCCCCC(CCCCC)Cc1cc(C(C)C)c2c(c1O)C(O)=C1C(=O)[C@@]3(O)C(O)=C(C(C)=O)C(=O)C(C(C)C)[C@@]3(C)C[C@@]1(C)C2. The molecule has 260 valence electrons. The van der Waals surface area contributed by atoms with Crippen molar-refractivity contribution in [3.63, 3.8) is 0 Å². The number of phenolic OH excluding ortho intramolecular Hbond substituents is 1. The van der Waals surface area contributed by atoms with Crippen LogP contribution in [0.4, 0.5) is 0 Å². The van der Waals surface area contributed by atoms with Gasteiger partial charge in [-0.25, -0.2) is 0 Å². The molecule has 4 rings (SSSR count). The van der Waals surface area contributed by atoms with E-state index in [1.54, 1.807) is 6.92 Å². The molecule has 0 aliphatic heterocycles. The van der Waals surface area contributed by atoms with Gasteiger partial charge in [0.1, 0.15) is 22.8 Å². The maximum atomic E-state index is 14.7. The number of rotatable bonds is 13. The molecule has 4 atom stereocenters. The second-order valence-corrected chi connectivity index (χ2v) is 16.0. The third-order valence-electron chi connectivity index (χ3n) is 11.7. The van der Waals surface area contributed by atoms with E-state index < -0.39 is 51.0 Å². The maximum Gasteiger partial charge on any atom is 0.203 e. The van der Waals surface area contributed by atoms with Gasteiger partial charge in [0.05, 0.1) is 5.56 Å². The second kappa shape index (κ2) is 13.5. The summed E-state index contributed by atoms with van der Waals surface area (Å²) in [5.41, 5.74) is -2.96. The predicted octanol–water partition coefficient (Wildman–Crippen LogP) is 8.63. The van der Waals surface area contributed by atoms with Crippen molar-refractivity contribution in [3.05, 3.63) is 45.2 Å². The van der Waals surface area contributed by atoms with Crippen molar-refractivity contribution >= 4 is 23.1 Å². The van der Waals surface area contributed by atoms with E-state index in [2.05, 4.69) is 33.8 Å². The van der Waals surface area contributed by atoms with Gasteiger partial charge in [0.2, 0.25) is 5.78 Å². The molecule has 47 heavy (non-hydrogen) atoms. The summed E-state index contributed by atoms with van der Waals surface area (Å²) in [4.78, 5) is 41.2. The van der Waals surface area contributed by atoms with Crippen LogP contribution in [0.3, 0.4) is 0 Å². The zero-order valence-corrected chi connectivity index (χ0v) is 30.2. The number of Topliss-reactive ketones (excluding diaryl/α,β-unsaturated/α-hetero) is 3. The number of aliphatic hydroxyl groups is 3. The normalized spacial score (nSPS) is 27.6. The Morgan fingerprint density at radius 2 is 1.53 bits per heavy atom. The van der Waals surface area contributed by atoms with Gasteiger partial charge in [-0.05, 0) is 60.6 Å². The minimum Gasteiger partial charge on any atom is -0.508 e. The molecule has 0 spiro atoms. The molecule has 1 aromatic rings. The lowest BCUT2D eigenvalue weighted by Crippen LogP contribution is -2.69. The summed E-state index contributed by atoms with van der Waals surface area (Å²) < 4.78 is 0. The van der Waals surface area contributed by atoms with Gasteiger partial charge in [-0.1, -0.05) is 113 Å². The molecule has 1 aromatic carbocycles. The first-order valence-corrected chi connectivity index (χ1v) is 18.0. The fourth-order valence-electron chi connectivity index (χ4n) is 9.57. The quantitative estimate of drug-likeness (QED) is 0.124. The summed E-state index contributed by atoms with van der Waals surface area (Å²) in [5.74, 6) is -4.41. The third kappa shape index (κ3) is 5.89. The first-order chi connectivity index (χ1) is 21.9. The molecule has 4 N–H and O–H groups in total. The van der Waals surface area contributed by atoms with Crippen molar-refractivity contribution in [1.29, 1.82) is 0 Å². The van der Waals surface area contributed by atoms with Crippen molar-refractivity contribution in [1.82, 2.24) is 0 Å². The molecular formula is C40H58O7. The lowest BCUT2D eigenvalue weighted by atomic mass is 9.43. The van der Waals surface area contributed by atoms with E-state index >= 15 is 0 Å². The Morgan fingerprint density at radius 3 is 2.02 bits per heavy atom. The van der Waals surface area contributed by atoms with Crippen LogP contribution in [0.5, 0.6) is 5.75 Å². The Balaban J connectivity index is 1.95. The second-order valence-electron chi connectivity index (χ2n) is 16.0. The predicted molar refractivity (Wildman–Crippen MR) is 185 cm³/mol. The van der Waals surface area contributed by atoms with Crippen molar-refractivity contribution in [2.45, 2.75) is 144 Å². The van der Waals surface area contributed by atoms with Gasteiger partial charge >= 0.3 is 0 Å². The zero-order valence-electron chi connectivity index (χ0n) is 30.2. The Bertz CT molecular complexity index is 1490. The molecule has 0 amide bonds. The van der Waals surface area contributed by atoms with E-state index in [0.717, 1.165) is 75.0 Å². The number of aromatic hydroxyl groups is 1. The van der Waals surface area contributed by atoms with Crippen LogP contribution in [0, 0.1) is 28.6 Å². The Hall–Kier alpha value is -2.93. The summed E-state index contributed by atoms with van der Waals surface area (Å²) in [7, 11) is 0. The molecule has 3 aliphatic rings. The molecule has 0 aromatic heterocycles. The number of benzene rings is 1. The van der Waals surface area contributed by atoms with Crippen molar-refractivity contribution in [3.8, 4) is 5.75 Å². The summed E-state index contributed by atoms with van der Waals surface area (Å²) in [5, 5.41) is 47.9. The average Bonchev–Trinajstić information content (AvgIpc) is 2.95. The van der Waals surface area contributed by atoms with Gasteiger partial charge in [0.15, 0.2) is 17.2 Å². The molecule has 7 heteroatoms. The number of aliphatic hydroxyl groups excluding tert-OH is 2. The number of carbonyl (C=O) groups is 3. The van der Waals surface area contributed by atoms with E-state index in [1.165, 1.54) is 0 Å².